The van der Waals surface area contributed by atoms with E-state index >= 15 is 0 Å². The smallest absolute Gasteiger partial charge is 0.165 e. The van der Waals surface area contributed by atoms with Crippen molar-refractivity contribution in [3.8, 4) is 5.75 Å². The largest absolute Gasteiger partial charge is 0.505 e. The average Bonchev–Trinajstić information content (AvgIpc) is 2.28. The first kappa shape index (κ1) is 12.9. The molecule has 0 heterocycles. The number of nitrogens with one attached hydrogen (secondary N) is 1. The van der Waals surface area contributed by atoms with E-state index in [0.29, 0.717) is 12.1 Å². The third kappa shape index (κ3) is 3.79. The Hall–Kier alpha value is -1.13. The Morgan fingerprint density at radius 2 is 2.19 bits per heavy atom. The summed E-state index contributed by atoms with van der Waals surface area (Å²) < 4.78 is 13.0. The van der Waals surface area contributed by atoms with Crippen LogP contribution in [0.5, 0.6) is 5.75 Å². The van der Waals surface area contributed by atoms with Gasteiger partial charge in [0.25, 0.3) is 0 Å². The maximum atomic E-state index is 13.0. The van der Waals surface area contributed by atoms with Gasteiger partial charge in [-0.05, 0) is 25.8 Å². The van der Waals surface area contributed by atoms with E-state index < -0.39 is 5.82 Å². The van der Waals surface area contributed by atoms with Crippen molar-refractivity contribution >= 4 is 0 Å². The molecule has 0 aliphatic heterocycles. The highest BCUT2D eigenvalue weighted by molar-refractivity contribution is 5.33. The Morgan fingerprint density at radius 1 is 1.44 bits per heavy atom. The quantitative estimate of drug-likeness (QED) is 0.694. The molecule has 1 aromatic carbocycles. The Morgan fingerprint density at radius 3 is 2.88 bits per heavy atom. The van der Waals surface area contributed by atoms with Crippen LogP contribution in [-0.4, -0.2) is 22.9 Å². The number of benzene rings is 1. The van der Waals surface area contributed by atoms with Gasteiger partial charge in [0.2, 0.25) is 0 Å². The van der Waals surface area contributed by atoms with Crippen molar-refractivity contribution in [3.05, 3.63) is 29.6 Å². The summed E-state index contributed by atoms with van der Waals surface area (Å²) in [5.41, 5.74) is 0.552. The second-order valence-electron chi connectivity index (χ2n) is 3.90. The zero-order chi connectivity index (χ0) is 12.0. The number of aliphatic hydroxyl groups excluding tert-OH is 1. The minimum atomic E-state index is -0.595. The molecule has 0 aliphatic carbocycles. The van der Waals surface area contributed by atoms with Gasteiger partial charge < -0.3 is 15.5 Å². The summed E-state index contributed by atoms with van der Waals surface area (Å²) in [4.78, 5) is 0. The molecule has 1 rings (SSSR count). The molecule has 3 nitrogen and oxygen atoms in total. The Labute approximate surface area is 94.9 Å². The first-order valence-corrected chi connectivity index (χ1v) is 5.45. The van der Waals surface area contributed by atoms with E-state index in [2.05, 4.69) is 5.32 Å². The van der Waals surface area contributed by atoms with E-state index in [-0.39, 0.29) is 18.4 Å². The third-order valence-corrected chi connectivity index (χ3v) is 2.51. The van der Waals surface area contributed by atoms with Crippen LogP contribution < -0.4 is 5.32 Å². The molecule has 3 N–H and O–H groups in total. The number of aromatic hydroxyl groups is 1. The maximum Gasteiger partial charge on any atom is 0.165 e. The molecule has 0 saturated carbocycles. The predicted octanol–water partition coefficient (Wildman–Crippen LogP) is 1.78. The fraction of sp³-hybridized carbons (Fsp3) is 0.500. The van der Waals surface area contributed by atoms with Gasteiger partial charge in [-0.2, -0.15) is 0 Å². The molecular formula is C12H18FNO2. The Balaban J connectivity index is 2.45. The molecule has 0 spiro atoms. The summed E-state index contributed by atoms with van der Waals surface area (Å²) in [7, 11) is 0. The highest BCUT2D eigenvalue weighted by atomic mass is 19.1. The molecule has 0 aromatic heterocycles. The third-order valence-electron chi connectivity index (χ3n) is 2.51. The van der Waals surface area contributed by atoms with E-state index in [9.17, 15) is 9.50 Å². The van der Waals surface area contributed by atoms with Crippen LogP contribution in [0.3, 0.4) is 0 Å². The summed E-state index contributed by atoms with van der Waals surface area (Å²) >= 11 is 0. The SMILES string of the molecule is CC(CCCO)NCc1cccc(F)c1O. The first-order valence-electron chi connectivity index (χ1n) is 5.45. The van der Waals surface area contributed by atoms with Crippen molar-refractivity contribution in [1.82, 2.24) is 5.32 Å². The normalized spacial score (nSPS) is 12.7. The Kier molecular flexibility index (Phi) is 5.22. The molecule has 0 aliphatic rings. The number of phenolic OH excluding ortho intramolecular Hbond substituents is 1. The minimum Gasteiger partial charge on any atom is -0.505 e. The lowest BCUT2D eigenvalue weighted by Crippen LogP contribution is -2.25. The second kappa shape index (κ2) is 6.45. The van der Waals surface area contributed by atoms with Gasteiger partial charge in [-0.15, -0.1) is 0 Å². The van der Waals surface area contributed by atoms with Crippen molar-refractivity contribution < 1.29 is 14.6 Å². The predicted molar refractivity (Wildman–Crippen MR) is 60.7 cm³/mol. The summed E-state index contributed by atoms with van der Waals surface area (Å²) in [6.07, 6.45) is 1.59. The molecule has 0 radical (unpaired) electrons. The summed E-state index contributed by atoms with van der Waals surface area (Å²) in [6.45, 7) is 2.60. The van der Waals surface area contributed by atoms with Crippen molar-refractivity contribution in [3.63, 3.8) is 0 Å². The van der Waals surface area contributed by atoms with Gasteiger partial charge in [-0.3, -0.25) is 0 Å². The molecule has 0 bridgehead atoms. The molecule has 90 valence electrons. The minimum absolute atomic E-state index is 0.178. The number of rotatable bonds is 6. The second-order valence-corrected chi connectivity index (χ2v) is 3.90. The average molecular weight is 227 g/mol. The fourth-order valence-electron chi connectivity index (χ4n) is 1.49. The van der Waals surface area contributed by atoms with Gasteiger partial charge in [0, 0.05) is 24.8 Å². The van der Waals surface area contributed by atoms with Crippen molar-refractivity contribution in [2.75, 3.05) is 6.61 Å². The van der Waals surface area contributed by atoms with Gasteiger partial charge in [-0.1, -0.05) is 12.1 Å². The van der Waals surface area contributed by atoms with E-state index in [1.165, 1.54) is 6.07 Å². The summed E-state index contributed by atoms with van der Waals surface area (Å²) in [6, 6.07) is 4.72. The number of halogens is 1. The van der Waals surface area contributed by atoms with Crippen molar-refractivity contribution in [1.29, 1.82) is 0 Å². The highest BCUT2D eigenvalue weighted by Gasteiger charge is 2.07. The zero-order valence-corrected chi connectivity index (χ0v) is 9.41. The number of para-hydroxylation sites is 1. The molecular weight excluding hydrogens is 209 g/mol. The van der Waals surface area contributed by atoms with Crippen LogP contribution in [0.25, 0.3) is 0 Å². The lowest BCUT2D eigenvalue weighted by molar-refractivity contribution is 0.276. The first-order chi connectivity index (χ1) is 7.65. The molecule has 1 unspecified atom stereocenters. The number of hydrogen-bond acceptors (Lipinski definition) is 3. The topological polar surface area (TPSA) is 52.5 Å². The molecule has 0 amide bonds. The zero-order valence-electron chi connectivity index (χ0n) is 9.41. The van der Waals surface area contributed by atoms with Crippen LogP contribution in [0.4, 0.5) is 4.39 Å². The van der Waals surface area contributed by atoms with Gasteiger partial charge in [0.05, 0.1) is 0 Å². The van der Waals surface area contributed by atoms with Gasteiger partial charge in [0.15, 0.2) is 11.6 Å². The molecule has 1 atom stereocenters. The molecule has 0 saturated heterocycles. The number of hydrogen-bond donors (Lipinski definition) is 3. The lowest BCUT2D eigenvalue weighted by Gasteiger charge is -2.13. The van der Waals surface area contributed by atoms with Crippen LogP contribution >= 0.6 is 0 Å². The van der Waals surface area contributed by atoms with Gasteiger partial charge in [0.1, 0.15) is 0 Å². The van der Waals surface area contributed by atoms with Crippen LogP contribution in [0, 0.1) is 5.82 Å². The number of phenols is 1. The van der Waals surface area contributed by atoms with Crippen LogP contribution in [-0.2, 0) is 6.54 Å². The summed E-state index contributed by atoms with van der Waals surface area (Å²) in [5.74, 6) is -0.883. The van der Waals surface area contributed by atoms with E-state index in [1.807, 2.05) is 6.92 Å². The number of aliphatic hydroxyl groups is 1. The van der Waals surface area contributed by atoms with Crippen LogP contribution in [0.2, 0.25) is 0 Å². The van der Waals surface area contributed by atoms with Crippen LogP contribution in [0.1, 0.15) is 25.3 Å². The van der Waals surface area contributed by atoms with Crippen LogP contribution in [0.15, 0.2) is 18.2 Å². The van der Waals surface area contributed by atoms with Gasteiger partial charge in [-0.25, -0.2) is 4.39 Å². The molecule has 4 heteroatoms. The van der Waals surface area contributed by atoms with E-state index in [4.69, 9.17) is 5.11 Å². The molecule has 1 aromatic rings. The van der Waals surface area contributed by atoms with Gasteiger partial charge >= 0.3 is 0 Å². The molecule has 0 fully saturated rings. The fourth-order valence-corrected chi connectivity index (χ4v) is 1.49. The highest BCUT2D eigenvalue weighted by Crippen LogP contribution is 2.20. The van der Waals surface area contributed by atoms with E-state index in [0.717, 1.165) is 12.8 Å². The maximum absolute atomic E-state index is 13.0. The van der Waals surface area contributed by atoms with E-state index in [1.54, 1.807) is 12.1 Å². The lowest BCUT2D eigenvalue weighted by atomic mass is 10.1. The Bertz CT molecular complexity index is 331. The monoisotopic (exact) mass is 227 g/mol. The summed E-state index contributed by atoms with van der Waals surface area (Å²) in [5, 5.41) is 21.3. The van der Waals surface area contributed by atoms with Crippen molar-refractivity contribution in [2.45, 2.75) is 32.4 Å². The molecule has 16 heavy (non-hydrogen) atoms. The van der Waals surface area contributed by atoms with Crippen molar-refractivity contribution in [2.24, 2.45) is 0 Å². The standard InChI is InChI=1S/C12H18FNO2/c1-9(4-3-7-15)14-8-10-5-2-6-11(13)12(10)16/h2,5-6,9,14-16H,3-4,7-8H2,1H3.